The first-order valence-electron chi connectivity index (χ1n) is 5.93. The van der Waals surface area contributed by atoms with Crippen molar-refractivity contribution in [3.8, 4) is 10.4 Å². The molecule has 0 aliphatic rings. The van der Waals surface area contributed by atoms with Crippen LogP contribution in [0.2, 0.25) is 0 Å². The van der Waals surface area contributed by atoms with E-state index < -0.39 is 0 Å². The topological polar surface area (TPSA) is 12.0 Å². The SMILES string of the molecule is CNCc1cc(C)c(-c2ccc(C)cc2C)s1. The van der Waals surface area contributed by atoms with Crippen LogP contribution < -0.4 is 5.32 Å². The second-order valence-corrected chi connectivity index (χ2v) is 5.71. The van der Waals surface area contributed by atoms with Gasteiger partial charge in [-0.1, -0.05) is 23.8 Å². The van der Waals surface area contributed by atoms with E-state index in [0.717, 1.165) is 6.54 Å². The Balaban J connectivity index is 2.45. The van der Waals surface area contributed by atoms with Gasteiger partial charge in [-0.3, -0.25) is 0 Å². The Morgan fingerprint density at radius 2 is 1.82 bits per heavy atom. The molecule has 0 aliphatic heterocycles. The number of hydrogen-bond donors (Lipinski definition) is 1. The molecule has 0 amide bonds. The lowest BCUT2D eigenvalue weighted by Gasteiger charge is -2.05. The Labute approximate surface area is 108 Å². The molecular formula is C15H19NS. The molecule has 1 nitrogen and oxygen atoms in total. The summed E-state index contributed by atoms with van der Waals surface area (Å²) in [5, 5.41) is 3.21. The summed E-state index contributed by atoms with van der Waals surface area (Å²) >= 11 is 1.89. The van der Waals surface area contributed by atoms with E-state index in [1.165, 1.54) is 32.0 Å². The zero-order valence-corrected chi connectivity index (χ0v) is 11.7. The van der Waals surface area contributed by atoms with Gasteiger partial charge in [-0.2, -0.15) is 0 Å². The van der Waals surface area contributed by atoms with Crippen molar-refractivity contribution >= 4 is 11.3 Å². The zero-order chi connectivity index (χ0) is 12.4. The first-order chi connectivity index (χ1) is 8.11. The first-order valence-corrected chi connectivity index (χ1v) is 6.75. The van der Waals surface area contributed by atoms with Crippen molar-refractivity contribution in [1.29, 1.82) is 0 Å². The van der Waals surface area contributed by atoms with E-state index in [1.807, 2.05) is 18.4 Å². The molecule has 2 aromatic rings. The number of benzene rings is 1. The maximum Gasteiger partial charge on any atom is 0.0378 e. The van der Waals surface area contributed by atoms with E-state index in [0.29, 0.717) is 0 Å². The predicted octanol–water partition coefficient (Wildman–Crippen LogP) is 4.06. The number of rotatable bonds is 3. The number of hydrogen-bond acceptors (Lipinski definition) is 2. The van der Waals surface area contributed by atoms with Crippen LogP contribution >= 0.6 is 11.3 Å². The minimum absolute atomic E-state index is 0.955. The summed E-state index contributed by atoms with van der Waals surface area (Å²) in [6.07, 6.45) is 0. The second kappa shape index (κ2) is 5.03. The third-order valence-corrected chi connectivity index (χ3v) is 4.22. The fourth-order valence-electron chi connectivity index (χ4n) is 2.15. The Kier molecular flexibility index (Phi) is 3.65. The quantitative estimate of drug-likeness (QED) is 0.860. The summed E-state index contributed by atoms with van der Waals surface area (Å²) < 4.78 is 0. The van der Waals surface area contributed by atoms with Crippen LogP contribution in [0.4, 0.5) is 0 Å². The maximum atomic E-state index is 3.21. The van der Waals surface area contributed by atoms with E-state index in [4.69, 9.17) is 0 Å². The van der Waals surface area contributed by atoms with Gasteiger partial charge in [-0.05, 0) is 50.6 Å². The van der Waals surface area contributed by atoms with Crippen molar-refractivity contribution in [3.05, 3.63) is 45.8 Å². The summed E-state index contributed by atoms with van der Waals surface area (Å²) in [5.41, 5.74) is 5.45. The Morgan fingerprint density at radius 3 is 2.47 bits per heavy atom. The average Bonchev–Trinajstić information content (AvgIpc) is 2.60. The van der Waals surface area contributed by atoms with Crippen LogP contribution in [0.25, 0.3) is 10.4 Å². The molecule has 0 spiro atoms. The van der Waals surface area contributed by atoms with Gasteiger partial charge in [0.1, 0.15) is 0 Å². The first kappa shape index (κ1) is 12.3. The molecule has 1 N–H and O–H groups in total. The molecule has 0 fully saturated rings. The minimum Gasteiger partial charge on any atom is -0.315 e. The Morgan fingerprint density at radius 1 is 1.06 bits per heavy atom. The van der Waals surface area contributed by atoms with Crippen molar-refractivity contribution in [2.24, 2.45) is 0 Å². The molecule has 1 heterocycles. The standard InChI is InChI=1S/C15H19NS/c1-10-5-6-14(11(2)7-10)15-12(3)8-13(17-15)9-16-4/h5-8,16H,9H2,1-4H3. The van der Waals surface area contributed by atoms with Crippen LogP contribution in [0, 0.1) is 20.8 Å². The summed E-state index contributed by atoms with van der Waals surface area (Å²) in [4.78, 5) is 2.81. The molecule has 0 saturated heterocycles. The average molecular weight is 245 g/mol. The molecule has 2 heteroatoms. The normalized spacial score (nSPS) is 10.8. The molecular weight excluding hydrogens is 226 g/mol. The highest BCUT2D eigenvalue weighted by Gasteiger charge is 2.09. The second-order valence-electron chi connectivity index (χ2n) is 4.57. The molecule has 0 aliphatic carbocycles. The van der Waals surface area contributed by atoms with Gasteiger partial charge in [-0.15, -0.1) is 11.3 Å². The van der Waals surface area contributed by atoms with Crippen LogP contribution in [-0.4, -0.2) is 7.05 Å². The molecule has 0 atom stereocenters. The summed E-state index contributed by atoms with van der Waals surface area (Å²) in [7, 11) is 1.99. The van der Waals surface area contributed by atoms with E-state index in [9.17, 15) is 0 Å². The van der Waals surface area contributed by atoms with Crippen LogP contribution in [0.1, 0.15) is 21.6 Å². The van der Waals surface area contributed by atoms with Gasteiger partial charge in [0.2, 0.25) is 0 Å². The Bertz CT molecular complexity index is 526. The van der Waals surface area contributed by atoms with E-state index in [1.54, 1.807) is 0 Å². The highest BCUT2D eigenvalue weighted by atomic mass is 32.1. The number of nitrogens with one attached hydrogen (secondary N) is 1. The van der Waals surface area contributed by atoms with E-state index in [-0.39, 0.29) is 0 Å². The molecule has 1 aromatic heterocycles. The van der Waals surface area contributed by atoms with Crippen LogP contribution in [0.15, 0.2) is 24.3 Å². The maximum absolute atomic E-state index is 3.21. The van der Waals surface area contributed by atoms with Gasteiger partial charge in [0.05, 0.1) is 0 Å². The van der Waals surface area contributed by atoms with E-state index >= 15 is 0 Å². The van der Waals surface area contributed by atoms with Gasteiger partial charge < -0.3 is 5.32 Å². The molecule has 1 aromatic carbocycles. The summed E-state index contributed by atoms with van der Waals surface area (Å²) in [5.74, 6) is 0. The van der Waals surface area contributed by atoms with E-state index in [2.05, 4.69) is 50.4 Å². The Hall–Kier alpha value is -1.12. The van der Waals surface area contributed by atoms with Gasteiger partial charge in [0.25, 0.3) is 0 Å². The highest BCUT2D eigenvalue weighted by Crippen LogP contribution is 2.34. The summed E-state index contributed by atoms with van der Waals surface area (Å²) in [6.45, 7) is 7.49. The molecule has 90 valence electrons. The van der Waals surface area contributed by atoms with Gasteiger partial charge in [0, 0.05) is 16.3 Å². The lowest BCUT2D eigenvalue weighted by molar-refractivity contribution is 0.831. The van der Waals surface area contributed by atoms with Crippen molar-refractivity contribution in [3.63, 3.8) is 0 Å². The highest BCUT2D eigenvalue weighted by molar-refractivity contribution is 7.15. The lowest BCUT2D eigenvalue weighted by atomic mass is 10.0. The fraction of sp³-hybridized carbons (Fsp3) is 0.333. The predicted molar refractivity (Wildman–Crippen MR) is 76.7 cm³/mol. The number of aryl methyl sites for hydroxylation is 3. The zero-order valence-electron chi connectivity index (χ0n) is 10.9. The molecule has 0 bridgehead atoms. The minimum atomic E-state index is 0.955. The van der Waals surface area contributed by atoms with Gasteiger partial charge in [0.15, 0.2) is 0 Å². The van der Waals surface area contributed by atoms with Gasteiger partial charge >= 0.3 is 0 Å². The molecule has 17 heavy (non-hydrogen) atoms. The van der Waals surface area contributed by atoms with Crippen molar-refractivity contribution in [2.45, 2.75) is 27.3 Å². The third-order valence-electron chi connectivity index (χ3n) is 2.95. The molecule has 0 radical (unpaired) electrons. The molecule has 2 rings (SSSR count). The fourth-order valence-corrected chi connectivity index (χ4v) is 3.42. The summed E-state index contributed by atoms with van der Waals surface area (Å²) in [6, 6.07) is 8.98. The number of thiophene rings is 1. The smallest absolute Gasteiger partial charge is 0.0378 e. The largest absolute Gasteiger partial charge is 0.315 e. The van der Waals surface area contributed by atoms with Crippen LogP contribution in [0.5, 0.6) is 0 Å². The molecule has 0 saturated carbocycles. The van der Waals surface area contributed by atoms with Crippen molar-refractivity contribution < 1.29 is 0 Å². The van der Waals surface area contributed by atoms with Crippen LogP contribution in [0.3, 0.4) is 0 Å². The van der Waals surface area contributed by atoms with Gasteiger partial charge in [-0.25, -0.2) is 0 Å². The molecule has 0 unspecified atom stereocenters. The van der Waals surface area contributed by atoms with Crippen molar-refractivity contribution in [1.82, 2.24) is 5.32 Å². The van der Waals surface area contributed by atoms with Crippen molar-refractivity contribution in [2.75, 3.05) is 7.05 Å². The van der Waals surface area contributed by atoms with Crippen LogP contribution in [-0.2, 0) is 6.54 Å². The lowest BCUT2D eigenvalue weighted by Crippen LogP contribution is -2.02. The third kappa shape index (κ3) is 2.59. The monoisotopic (exact) mass is 245 g/mol.